The molecule has 3 aromatic rings. The molecule has 1 N–H and O–H groups in total. The number of hydrogen-bond acceptors (Lipinski definition) is 5. The smallest absolute Gasteiger partial charge is 0.227 e. The van der Waals surface area contributed by atoms with Crippen molar-refractivity contribution in [3.8, 4) is 11.3 Å². The van der Waals surface area contributed by atoms with Crippen molar-refractivity contribution in [1.29, 1.82) is 0 Å². The number of nitrogens with one attached hydrogen (secondary N) is 1. The van der Waals surface area contributed by atoms with Crippen LogP contribution in [0.5, 0.6) is 0 Å². The lowest BCUT2D eigenvalue weighted by Gasteiger charge is -2.15. The normalized spacial score (nSPS) is 11.5. The lowest BCUT2D eigenvalue weighted by Crippen LogP contribution is -2.17. The summed E-state index contributed by atoms with van der Waals surface area (Å²) in [4.78, 5) is 11.3. The Labute approximate surface area is 183 Å². The van der Waals surface area contributed by atoms with Crippen LogP contribution in [0.3, 0.4) is 0 Å². The van der Waals surface area contributed by atoms with Crippen molar-refractivity contribution in [2.45, 2.75) is 13.5 Å². The van der Waals surface area contributed by atoms with Crippen LogP contribution in [-0.2, 0) is 6.54 Å². The van der Waals surface area contributed by atoms with Crippen LogP contribution in [0.15, 0.2) is 79.1 Å². The third-order valence-corrected chi connectivity index (χ3v) is 4.62. The van der Waals surface area contributed by atoms with Crippen molar-refractivity contribution >= 4 is 17.7 Å². The van der Waals surface area contributed by atoms with Crippen molar-refractivity contribution < 1.29 is 4.48 Å². The van der Waals surface area contributed by atoms with Gasteiger partial charge in [-0.1, -0.05) is 48.6 Å². The van der Waals surface area contributed by atoms with E-state index < -0.39 is 0 Å². The van der Waals surface area contributed by atoms with E-state index in [-0.39, 0.29) is 0 Å². The van der Waals surface area contributed by atoms with E-state index in [1.165, 1.54) is 18.8 Å². The Morgan fingerprint density at radius 3 is 2.61 bits per heavy atom. The highest BCUT2D eigenvalue weighted by molar-refractivity contribution is 5.64. The van der Waals surface area contributed by atoms with Gasteiger partial charge < -0.3 is 5.32 Å². The molecule has 1 heterocycles. The van der Waals surface area contributed by atoms with Crippen LogP contribution >= 0.6 is 0 Å². The summed E-state index contributed by atoms with van der Waals surface area (Å²) < 4.78 is 12.8. The van der Waals surface area contributed by atoms with Gasteiger partial charge in [-0.3, -0.25) is 4.90 Å². The summed E-state index contributed by atoms with van der Waals surface area (Å²) in [5.74, 6) is 0.542. The molecule has 1 aromatic heterocycles. The average Bonchev–Trinajstić information content (AvgIpc) is 2.77. The number of aromatic nitrogens is 2. The van der Waals surface area contributed by atoms with Crippen LogP contribution in [0.1, 0.15) is 18.1 Å². The molecule has 0 saturated heterocycles. The number of likely N-dealkylation sites (N-methyl/N-ethyl adjacent to an activating group) is 1. The summed E-state index contributed by atoms with van der Waals surface area (Å²) in [5.41, 5.74) is 4.87. The highest BCUT2D eigenvalue weighted by Gasteiger charge is 2.05. The maximum Gasteiger partial charge on any atom is 0.227 e. The quantitative estimate of drug-likeness (QED) is 0.358. The molecule has 5 nitrogen and oxygen atoms in total. The van der Waals surface area contributed by atoms with Gasteiger partial charge in [-0.2, -0.15) is 0 Å². The first-order chi connectivity index (χ1) is 15.0. The number of benzene rings is 2. The molecule has 0 bridgehead atoms. The fourth-order valence-electron chi connectivity index (χ4n) is 3.07. The predicted octanol–water partition coefficient (Wildman–Crippen LogP) is 5.68. The molecule has 0 aliphatic heterocycles. The van der Waals surface area contributed by atoms with Gasteiger partial charge in [0.1, 0.15) is 0 Å². The molecule has 3 rings (SSSR count). The van der Waals surface area contributed by atoms with Crippen LogP contribution in [0.25, 0.3) is 17.3 Å². The van der Waals surface area contributed by atoms with E-state index in [9.17, 15) is 4.48 Å². The first kappa shape index (κ1) is 22.2. The minimum Gasteiger partial charge on any atom is -0.324 e. The fourth-order valence-corrected chi connectivity index (χ4v) is 3.07. The fraction of sp³-hybridized carbons (Fsp3) is 0.200. The molecule has 0 aliphatic carbocycles. The van der Waals surface area contributed by atoms with E-state index >= 15 is 0 Å². The molecule has 0 spiro atoms. The predicted molar refractivity (Wildman–Crippen MR) is 126 cm³/mol. The largest absolute Gasteiger partial charge is 0.324 e. The lowest BCUT2D eigenvalue weighted by atomic mass is 10.1. The van der Waals surface area contributed by atoms with Crippen LogP contribution < -0.4 is 5.32 Å². The van der Waals surface area contributed by atoms with E-state index in [1.807, 2.05) is 49.4 Å². The Morgan fingerprint density at radius 2 is 1.87 bits per heavy atom. The maximum atomic E-state index is 12.8. The second-order valence-electron chi connectivity index (χ2n) is 7.32. The van der Waals surface area contributed by atoms with E-state index in [4.69, 9.17) is 0 Å². The lowest BCUT2D eigenvalue weighted by molar-refractivity contribution is 0.130. The Bertz CT molecular complexity index is 1030. The number of halogens is 1. The van der Waals surface area contributed by atoms with Gasteiger partial charge in [0.15, 0.2) is 0 Å². The molecule has 0 fully saturated rings. The number of anilines is 2. The topological polar surface area (TPSA) is 44.3 Å². The zero-order valence-corrected chi connectivity index (χ0v) is 18.2. The number of nitrogens with zero attached hydrogens (tertiary/aromatic N) is 4. The Kier molecular flexibility index (Phi) is 7.90. The highest BCUT2D eigenvalue weighted by Crippen LogP contribution is 2.21. The third-order valence-electron chi connectivity index (χ3n) is 4.62. The van der Waals surface area contributed by atoms with Crippen LogP contribution in [-0.4, -0.2) is 40.6 Å². The maximum absolute atomic E-state index is 12.8. The van der Waals surface area contributed by atoms with Gasteiger partial charge in [0.2, 0.25) is 5.95 Å². The summed E-state index contributed by atoms with van der Waals surface area (Å²) in [5, 5.41) is 3.82. The minimum atomic E-state index is 0.519. The highest BCUT2D eigenvalue weighted by atomic mass is 19.2. The van der Waals surface area contributed by atoms with Gasteiger partial charge in [-0.15, -0.1) is 4.48 Å². The summed E-state index contributed by atoms with van der Waals surface area (Å²) in [6.45, 7) is 3.81. The van der Waals surface area contributed by atoms with Crippen LogP contribution in [0, 0.1) is 0 Å². The molecule has 0 aliphatic rings. The number of hydrogen-bond donors (Lipinski definition) is 1. The third kappa shape index (κ3) is 7.04. The van der Waals surface area contributed by atoms with Crippen LogP contribution in [0.2, 0.25) is 0 Å². The molecule has 0 unspecified atom stereocenters. The van der Waals surface area contributed by atoms with E-state index in [0.29, 0.717) is 11.1 Å². The van der Waals surface area contributed by atoms with Crippen molar-refractivity contribution in [1.82, 2.24) is 20.0 Å². The number of rotatable bonds is 9. The Morgan fingerprint density at radius 1 is 1.06 bits per heavy atom. The standard InChI is InChI=1S/C25H28FN5/c1-4-5-16-30(2)19-21-7-6-8-23(18-21)28-25-27-15-13-24(29-25)22-11-9-20(10-12-22)14-17-31(3)26/h4-15,17-18H,16,19H2,1-3H3,(H,27,28,29)/b5-4-,17-14-. The molecule has 0 amide bonds. The van der Waals surface area contributed by atoms with Gasteiger partial charge in [-0.25, -0.2) is 15.1 Å². The molecule has 0 saturated carbocycles. The second-order valence-corrected chi connectivity index (χ2v) is 7.32. The zero-order valence-electron chi connectivity index (χ0n) is 18.2. The van der Waals surface area contributed by atoms with Crippen molar-refractivity contribution in [3.63, 3.8) is 0 Å². The SMILES string of the molecule is C/C=C\CN(C)Cc1cccc(Nc2nccc(-c3ccc(/C=C\N(C)F)cc3)n2)c1. The van der Waals surface area contributed by atoms with Gasteiger partial charge >= 0.3 is 0 Å². The van der Waals surface area contributed by atoms with E-state index in [0.717, 1.165) is 35.6 Å². The zero-order chi connectivity index (χ0) is 22.1. The molecular formula is C25H28FN5. The van der Waals surface area contributed by atoms with Gasteiger partial charge in [0.25, 0.3) is 0 Å². The molecule has 2 aromatic carbocycles. The summed E-state index contributed by atoms with van der Waals surface area (Å²) in [7, 11) is 3.45. The van der Waals surface area contributed by atoms with Crippen molar-refractivity contribution in [3.05, 3.63) is 90.3 Å². The molecule has 31 heavy (non-hydrogen) atoms. The summed E-state index contributed by atoms with van der Waals surface area (Å²) >= 11 is 0. The van der Waals surface area contributed by atoms with Gasteiger partial charge in [0.05, 0.1) is 5.69 Å². The number of allylic oxidation sites excluding steroid dienone is 1. The van der Waals surface area contributed by atoms with Crippen molar-refractivity contribution in [2.75, 3.05) is 26.0 Å². The first-order valence-electron chi connectivity index (χ1n) is 10.2. The van der Waals surface area contributed by atoms with Crippen molar-refractivity contribution in [2.24, 2.45) is 0 Å². The average molecular weight is 418 g/mol. The first-order valence-corrected chi connectivity index (χ1v) is 10.2. The summed E-state index contributed by atoms with van der Waals surface area (Å²) in [6, 6.07) is 17.9. The second kappa shape index (κ2) is 11.0. The molecule has 0 radical (unpaired) electrons. The van der Waals surface area contributed by atoms with Crippen LogP contribution in [0.4, 0.5) is 16.1 Å². The Balaban J connectivity index is 1.70. The van der Waals surface area contributed by atoms with E-state index in [1.54, 1.807) is 12.3 Å². The Hall–Kier alpha value is -3.51. The van der Waals surface area contributed by atoms with E-state index in [2.05, 4.69) is 51.5 Å². The molecule has 160 valence electrons. The van der Waals surface area contributed by atoms with Gasteiger partial charge in [-0.05, 0) is 49.4 Å². The molecular weight excluding hydrogens is 389 g/mol. The van der Waals surface area contributed by atoms with Gasteiger partial charge in [0, 0.05) is 43.8 Å². The summed E-state index contributed by atoms with van der Waals surface area (Å²) in [6.07, 6.45) is 9.02. The molecule has 0 atom stereocenters. The minimum absolute atomic E-state index is 0.519. The molecule has 6 heteroatoms. The monoisotopic (exact) mass is 417 g/mol.